The van der Waals surface area contributed by atoms with Crippen LogP contribution in [-0.2, 0) is 11.3 Å². The number of aromatic nitrogens is 4. The molecule has 1 aliphatic heterocycles. The van der Waals surface area contributed by atoms with Crippen LogP contribution < -0.4 is 0 Å². The summed E-state index contributed by atoms with van der Waals surface area (Å²) in [6.07, 6.45) is 2.09. The minimum atomic E-state index is -0.0580. The topological polar surface area (TPSA) is 84.0 Å². The van der Waals surface area contributed by atoms with Gasteiger partial charge in [-0.15, -0.1) is 10.2 Å². The van der Waals surface area contributed by atoms with Gasteiger partial charge in [-0.3, -0.25) is 4.79 Å². The number of aromatic amines is 1. The molecule has 4 rings (SSSR count). The van der Waals surface area contributed by atoms with E-state index >= 15 is 0 Å². The lowest BCUT2D eigenvalue weighted by atomic mass is 10.0. The number of hydrogen-bond donors (Lipinski definition) is 1. The molecule has 1 aliphatic rings. The van der Waals surface area contributed by atoms with E-state index in [1.807, 2.05) is 41.3 Å². The van der Waals surface area contributed by atoms with Crippen LogP contribution in [0.5, 0.6) is 0 Å². The number of carbonyl (C=O) groups excluding carboxylic acids is 1. The number of hydrogen-bond acceptors (Lipinski definition) is 5. The maximum atomic E-state index is 13.5. The molecule has 1 fully saturated rings. The van der Waals surface area contributed by atoms with Gasteiger partial charge in [0.05, 0.1) is 11.7 Å². The number of benzene rings is 2. The van der Waals surface area contributed by atoms with E-state index in [4.69, 9.17) is 4.74 Å². The van der Waals surface area contributed by atoms with Gasteiger partial charge in [-0.25, -0.2) is 0 Å². The molecule has 144 valence electrons. The summed E-state index contributed by atoms with van der Waals surface area (Å²) in [6.45, 7) is 3.91. The van der Waals surface area contributed by atoms with E-state index in [9.17, 15) is 4.79 Å². The SMILES string of the molecule is Cc1cccc(CN(C[C@H]2CCCO2)C(=O)c2ccccc2-c2nn[nH]n2)c1. The number of amides is 1. The van der Waals surface area contributed by atoms with Crippen LogP contribution in [0, 0.1) is 6.92 Å². The number of H-pyrrole nitrogens is 1. The second-order valence-electron chi connectivity index (χ2n) is 7.09. The molecule has 2 heterocycles. The lowest BCUT2D eigenvalue weighted by molar-refractivity contribution is 0.0508. The zero-order valence-electron chi connectivity index (χ0n) is 15.8. The first-order valence-electron chi connectivity index (χ1n) is 9.50. The fraction of sp³-hybridized carbons (Fsp3) is 0.333. The van der Waals surface area contributed by atoms with Crippen molar-refractivity contribution in [3.8, 4) is 11.4 Å². The van der Waals surface area contributed by atoms with Gasteiger partial charge in [-0.1, -0.05) is 48.0 Å². The first kappa shape index (κ1) is 18.3. The fourth-order valence-corrected chi connectivity index (χ4v) is 3.60. The zero-order valence-corrected chi connectivity index (χ0v) is 15.8. The van der Waals surface area contributed by atoms with E-state index in [-0.39, 0.29) is 12.0 Å². The van der Waals surface area contributed by atoms with E-state index in [1.165, 1.54) is 5.56 Å². The minimum absolute atomic E-state index is 0.0580. The second-order valence-corrected chi connectivity index (χ2v) is 7.09. The van der Waals surface area contributed by atoms with Gasteiger partial charge in [0.1, 0.15) is 0 Å². The Kier molecular flexibility index (Phi) is 5.43. The van der Waals surface area contributed by atoms with Gasteiger partial charge in [0.2, 0.25) is 5.82 Å². The first-order chi connectivity index (χ1) is 13.7. The summed E-state index contributed by atoms with van der Waals surface area (Å²) in [5.74, 6) is 0.356. The number of nitrogens with one attached hydrogen (secondary N) is 1. The van der Waals surface area contributed by atoms with Gasteiger partial charge in [-0.2, -0.15) is 5.21 Å². The molecule has 7 nitrogen and oxygen atoms in total. The van der Waals surface area contributed by atoms with Crippen LogP contribution in [0.3, 0.4) is 0 Å². The molecule has 0 spiro atoms. The molecule has 1 amide bonds. The van der Waals surface area contributed by atoms with Crippen molar-refractivity contribution < 1.29 is 9.53 Å². The predicted molar refractivity (Wildman–Crippen MR) is 105 cm³/mol. The highest BCUT2D eigenvalue weighted by Crippen LogP contribution is 2.23. The van der Waals surface area contributed by atoms with Crippen LogP contribution in [0.15, 0.2) is 48.5 Å². The molecule has 0 unspecified atom stereocenters. The third kappa shape index (κ3) is 4.09. The van der Waals surface area contributed by atoms with Gasteiger partial charge >= 0.3 is 0 Å². The van der Waals surface area contributed by atoms with E-state index in [0.29, 0.717) is 30.0 Å². The maximum absolute atomic E-state index is 13.5. The average molecular weight is 377 g/mol. The highest BCUT2D eigenvalue weighted by molar-refractivity contribution is 6.00. The van der Waals surface area contributed by atoms with E-state index < -0.39 is 0 Å². The largest absolute Gasteiger partial charge is 0.376 e. The quantitative estimate of drug-likeness (QED) is 0.714. The third-order valence-electron chi connectivity index (χ3n) is 4.93. The Hall–Kier alpha value is -3.06. The standard InChI is InChI=1S/C21H23N5O2/c1-15-6-4-7-16(12-15)13-26(14-17-8-5-11-28-17)21(27)19-10-3-2-9-18(19)20-22-24-25-23-20/h2-4,6-7,9-10,12,17H,5,8,11,13-14H2,1H3,(H,22,23,24,25)/t17-/m1/s1. The van der Waals surface area contributed by atoms with Crippen molar-refractivity contribution in [2.24, 2.45) is 0 Å². The Morgan fingerprint density at radius 3 is 2.89 bits per heavy atom. The molecular formula is C21H23N5O2. The zero-order chi connectivity index (χ0) is 19.3. The summed E-state index contributed by atoms with van der Waals surface area (Å²) in [7, 11) is 0. The van der Waals surface area contributed by atoms with Crippen molar-refractivity contribution in [2.75, 3.05) is 13.2 Å². The van der Waals surface area contributed by atoms with Crippen molar-refractivity contribution in [1.29, 1.82) is 0 Å². The molecule has 2 aromatic carbocycles. The van der Waals surface area contributed by atoms with Crippen LogP contribution in [0.25, 0.3) is 11.4 Å². The Morgan fingerprint density at radius 1 is 1.25 bits per heavy atom. The maximum Gasteiger partial charge on any atom is 0.254 e. The molecule has 0 bridgehead atoms. The van der Waals surface area contributed by atoms with Gasteiger partial charge in [-0.05, 0) is 36.6 Å². The van der Waals surface area contributed by atoms with Gasteiger partial charge in [0.25, 0.3) is 5.91 Å². The molecule has 3 aromatic rings. The molecule has 1 aromatic heterocycles. The van der Waals surface area contributed by atoms with Gasteiger partial charge in [0.15, 0.2) is 0 Å². The van der Waals surface area contributed by atoms with Gasteiger partial charge < -0.3 is 9.64 Å². The van der Waals surface area contributed by atoms with Crippen LogP contribution in [-0.4, -0.2) is 50.7 Å². The Balaban J connectivity index is 1.65. The highest BCUT2D eigenvalue weighted by atomic mass is 16.5. The Bertz CT molecular complexity index is 935. The van der Waals surface area contributed by atoms with Gasteiger partial charge in [0, 0.05) is 25.3 Å². The Morgan fingerprint density at radius 2 is 2.14 bits per heavy atom. The highest BCUT2D eigenvalue weighted by Gasteiger charge is 2.26. The van der Waals surface area contributed by atoms with Crippen molar-refractivity contribution in [3.63, 3.8) is 0 Å². The lowest BCUT2D eigenvalue weighted by Gasteiger charge is -2.26. The molecule has 28 heavy (non-hydrogen) atoms. The number of tetrazole rings is 1. The lowest BCUT2D eigenvalue weighted by Crippen LogP contribution is -2.37. The number of carbonyl (C=O) groups is 1. The summed E-state index contributed by atoms with van der Waals surface area (Å²) in [5, 5.41) is 14.2. The fourth-order valence-electron chi connectivity index (χ4n) is 3.60. The monoisotopic (exact) mass is 377 g/mol. The molecule has 0 radical (unpaired) electrons. The Labute approximate surface area is 163 Å². The molecule has 1 atom stereocenters. The molecule has 0 aliphatic carbocycles. The molecule has 1 saturated heterocycles. The van der Waals surface area contributed by atoms with Crippen LogP contribution in [0.1, 0.15) is 34.3 Å². The minimum Gasteiger partial charge on any atom is -0.376 e. The number of rotatable bonds is 6. The van der Waals surface area contributed by atoms with Crippen LogP contribution >= 0.6 is 0 Å². The molecule has 0 saturated carbocycles. The second kappa shape index (κ2) is 8.31. The van der Waals surface area contributed by atoms with E-state index in [1.54, 1.807) is 0 Å². The van der Waals surface area contributed by atoms with Crippen molar-refractivity contribution in [3.05, 3.63) is 65.2 Å². The van der Waals surface area contributed by atoms with Crippen molar-refractivity contribution in [2.45, 2.75) is 32.4 Å². The summed E-state index contributed by atoms with van der Waals surface area (Å²) >= 11 is 0. The van der Waals surface area contributed by atoms with Crippen LogP contribution in [0.2, 0.25) is 0 Å². The number of nitrogens with zero attached hydrogens (tertiary/aromatic N) is 4. The summed E-state index contributed by atoms with van der Waals surface area (Å²) in [5.41, 5.74) is 3.51. The molecular weight excluding hydrogens is 354 g/mol. The summed E-state index contributed by atoms with van der Waals surface area (Å²) in [6, 6.07) is 15.6. The molecule has 7 heteroatoms. The normalized spacial score (nSPS) is 16.2. The van der Waals surface area contributed by atoms with E-state index in [0.717, 1.165) is 25.0 Å². The summed E-state index contributed by atoms with van der Waals surface area (Å²) < 4.78 is 5.80. The molecule has 1 N–H and O–H groups in total. The van der Waals surface area contributed by atoms with Crippen molar-refractivity contribution >= 4 is 5.91 Å². The van der Waals surface area contributed by atoms with E-state index in [2.05, 4.69) is 39.7 Å². The summed E-state index contributed by atoms with van der Waals surface area (Å²) in [4.78, 5) is 15.4. The van der Waals surface area contributed by atoms with Crippen LogP contribution in [0.4, 0.5) is 0 Å². The number of ether oxygens (including phenoxy) is 1. The number of aryl methyl sites for hydroxylation is 1. The third-order valence-corrected chi connectivity index (χ3v) is 4.93. The smallest absolute Gasteiger partial charge is 0.254 e. The first-order valence-corrected chi connectivity index (χ1v) is 9.50. The average Bonchev–Trinajstić information content (AvgIpc) is 3.41. The predicted octanol–water partition coefficient (Wildman–Crippen LogP) is 3.00. The van der Waals surface area contributed by atoms with Crippen molar-refractivity contribution in [1.82, 2.24) is 25.5 Å².